The zero-order chi connectivity index (χ0) is 17.1. The molecule has 2 fully saturated rings. The van der Waals surface area contributed by atoms with E-state index in [0.717, 1.165) is 32.4 Å². The first kappa shape index (κ1) is 17.3. The minimum Gasteiger partial charge on any atom is -0.342 e. The smallest absolute Gasteiger partial charge is 0.255 e. The quantitative estimate of drug-likeness (QED) is 0.821. The molecule has 4 nitrogen and oxygen atoms in total. The second kappa shape index (κ2) is 7.56. The van der Waals surface area contributed by atoms with Gasteiger partial charge in [0.15, 0.2) is 0 Å². The molecule has 5 heteroatoms. The van der Waals surface area contributed by atoms with Gasteiger partial charge in [0, 0.05) is 32.1 Å². The van der Waals surface area contributed by atoms with Crippen LogP contribution in [-0.2, 0) is 4.79 Å². The second-order valence-corrected chi connectivity index (χ2v) is 7.49. The van der Waals surface area contributed by atoms with E-state index in [-0.39, 0.29) is 17.7 Å². The molecule has 0 bridgehead atoms. The van der Waals surface area contributed by atoms with Gasteiger partial charge in [0.05, 0.1) is 10.6 Å². The molecule has 3 rings (SSSR count). The predicted molar refractivity (Wildman–Crippen MR) is 95.1 cm³/mol. The molecule has 2 heterocycles. The van der Waals surface area contributed by atoms with E-state index in [1.54, 1.807) is 12.1 Å². The molecule has 2 aliphatic rings. The highest BCUT2D eigenvalue weighted by Crippen LogP contribution is 2.25. The summed E-state index contributed by atoms with van der Waals surface area (Å²) in [6, 6.07) is 7.15. The Hall–Kier alpha value is -1.55. The lowest BCUT2D eigenvalue weighted by Gasteiger charge is -2.37. The van der Waals surface area contributed by atoms with E-state index >= 15 is 0 Å². The summed E-state index contributed by atoms with van der Waals surface area (Å²) < 4.78 is 0. The maximum absolute atomic E-state index is 12.7. The van der Waals surface area contributed by atoms with Gasteiger partial charge in [-0.25, -0.2) is 0 Å². The Morgan fingerprint density at radius 2 is 1.75 bits per heavy atom. The molecule has 2 aliphatic heterocycles. The summed E-state index contributed by atoms with van der Waals surface area (Å²) in [6.07, 6.45) is 3.82. The van der Waals surface area contributed by atoms with Gasteiger partial charge in [0.2, 0.25) is 5.91 Å². The number of hydrogen-bond acceptors (Lipinski definition) is 2. The normalized spacial score (nSPS) is 22.5. The summed E-state index contributed by atoms with van der Waals surface area (Å²) in [7, 11) is 0. The molecule has 1 atom stereocenters. The topological polar surface area (TPSA) is 40.6 Å². The number of benzene rings is 1. The van der Waals surface area contributed by atoms with E-state index < -0.39 is 0 Å². The second-order valence-electron chi connectivity index (χ2n) is 7.08. The first-order valence-corrected chi connectivity index (χ1v) is 9.26. The van der Waals surface area contributed by atoms with Gasteiger partial charge in [-0.05, 0) is 43.7 Å². The Morgan fingerprint density at radius 3 is 2.42 bits per heavy atom. The minimum absolute atomic E-state index is 0.0295. The number of hydrogen-bond donors (Lipinski definition) is 0. The SMILES string of the molecule is CC1CCCN(C(=O)C2CCN(C(=O)c3ccccc3Cl)CC2)C1. The van der Waals surface area contributed by atoms with Gasteiger partial charge in [-0.2, -0.15) is 0 Å². The summed E-state index contributed by atoms with van der Waals surface area (Å²) in [6.45, 7) is 5.25. The van der Waals surface area contributed by atoms with Gasteiger partial charge < -0.3 is 9.80 Å². The Labute approximate surface area is 148 Å². The van der Waals surface area contributed by atoms with Crippen molar-refractivity contribution < 1.29 is 9.59 Å². The molecule has 0 spiro atoms. The molecule has 1 aromatic carbocycles. The third kappa shape index (κ3) is 3.75. The lowest BCUT2D eigenvalue weighted by atomic mass is 9.92. The number of likely N-dealkylation sites (tertiary alicyclic amines) is 2. The molecule has 0 aliphatic carbocycles. The van der Waals surface area contributed by atoms with Crippen molar-refractivity contribution in [1.82, 2.24) is 9.80 Å². The number of amides is 2. The number of carbonyl (C=O) groups is 2. The van der Waals surface area contributed by atoms with Crippen LogP contribution in [0, 0.1) is 11.8 Å². The van der Waals surface area contributed by atoms with Gasteiger partial charge >= 0.3 is 0 Å². The van der Waals surface area contributed by atoms with Crippen LogP contribution >= 0.6 is 11.6 Å². The van der Waals surface area contributed by atoms with Crippen molar-refractivity contribution in [2.75, 3.05) is 26.2 Å². The lowest BCUT2D eigenvalue weighted by Crippen LogP contribution is -2.47. The number of nitrogens with zero attached hydrogens (tertiary/aromatic N) is 2. The van der Waals surface area contributed by atoms with Gasteiger partial charge in [-0.3, -0.25) is 9.59 Å². The van der Waals surface area contributed by atoms with E-state index in [2.05, 4.69) is 6.92 Å². The van der Waals surface area contributed by atoms with Crippen LogP contribution in [0.5, 0.6) is 0 Å². The van der Waals surface area contributed by atoms with Crippen molar-refractivity contribution in [3.63, 3.8) is 0 Å². The highest BCUT2D eigenvalue weighted by molar-refractivity contribution is 6.33. The van der Waals surface area contributed by atoms with Gasteiger partial charge in [-0.1, -0.05) is 30.7 Å². The summed E-state index contributed by atoms with van der Waals surface area (Å²) in [5, 5.41) is 0.489. The van der Waals surface area contributed by atoms with Crippen molar-refractivity contribution >= 4 is 23.4 Å². The maximum Gasteiger partial charge on any atom is 0.255 e. The van der Waals surface area contributed by atoms with Crippen molar-refractivity contribution in [3.8, 4) is 0 Å². The highest BCUT2D eigenvalue weighted by Gasteiger charge is 2.32. The fourth-order valence-electron chi connectivity index (χ4n) is 3.78. The maximum atomic E-state index is 12.7. The van der Waals surface area contributed by atoms with Crippen molar-refractivity contribution in [2.45, 2.75) is 32.6 Å². The van der Waals surface area contributed by atoms with Crippen molar-refractivity contribution in [2.24, 2.45) is 11.8 Å². The first-order valence-electron chi connectivity index (χ1n) is 8.89. The van der Waals surface area contributed by atoms with Gasteiger partial charge in [-0.15, -0.1) is 0 Å². The first-order chi connectivity index (χ1) is 11.6. The van der Waals surface area contributed by atoms with Crippen LogP contribution < -0.4 is 0 Å². The van der Waals surface area contributed by atoms with Crippen LogP contribution in [0.4, 0.5) is 0 Å². The number of rotatable bonds is 2. The Kier molecular flexibility index (Phi) is 5.44. The molecule has 0 aromatic heterocycles. The molecule has 1 unspecified atom stereocenters. The van der Waals surface area contributed by atoms with Crippen LogP contribution in [0.1, 0.15) is 43.0 Å². The number of carbonyl (C=O) groups excluding carboxylic acids is 2. The molecule has 0 radical (unpaired) electrons. The summed E-state index contributed by atoms with van der Waals surface area (Å²) in [5.41, 5.74) is 0.550. The summed E-state index contributed by atoms with van der Waals surface area (Å²) in [4.78, 5) is 29.1. The van der Waals surface area contributed by atoms with Crippen LogP contribution in [-0.4, -0.2) is 47.8 Å². The van der Waals surface area contributed by atoms with Crippen LogP contribution in [0.25, 0.3) is 0 Å². The third-order valence-electron chi connectivity index (χ3n) is 5.20. The molecule has 0 N–H and O–H groups in total. The number of halogens is 1. The largest absolute Gasteiger partial charge is 0.342 e. The van der Waals surface area contributed by atoms with E-state index in [9.17, 15) is 9.59 Å². The van der Waals surface area contributed by atoms with E-state index in [4.69, 9.17) is 11.6 Å². The zero-order valence-corrected chi connectivity index (χ0v) is 15.0. The highest BCUT2D eigenvalue weighted by atomic mass is 35.5. The van der Waals surface area contributed by atoms with E-state index in [0.29, 0.717) is 29.6 Å². The summed E-state index contributed by atoms with van der Waals surface area (Å²) >= 11 is 6.12. The molecule has 2 saturated heterocycles. The monoisotopic (exact) mass is 348 g/mol. The Morgan fingerprint density at radius 1 is 1.04 bits per heavy atom. The molecule has 130 valence electrons. The fourth-order valence-corrected chi connectivity index (χ4v) is 4.00. The van der Waals surface area contributed by atoms with Crippen LogP contribution in [0.15, 0.2) is 24.3 Å². The molecule has 2 amide bonds. The average molecular weight is 349 g/mol. The van der Waals surface area contributed by atoms with Crippen LogP contribution in [0.3, 0.4) is 0 Å². The zero-order valence-electron chi connectivity index (χ0n) is 14.2. The molecular weight excluding hydrogens is 324 g/mol. The van der Waals surface area contributed by atoms with E-state index in [1.807, 2.05) is 21.9 Å². The Balaban J connectivity index is 1.56. The Bertz CT molecular complexity index is 611. The standard InChI is InChI=1S/C19H25ClN2O2/c1-14-5-4-10-22(13-14)18(23)15-8-11-21(12-9-15)19(24)16-6-2-3-7-17(16)20/h2-3,6-7,14-15H,4-5,8-13H2,1H3. The molecule has 1 aromatic rings. The average Bonchev–Trinajstić information content (AvgIpc) is 2.61. The molecule has 24 heavy (non-hydrogen) atoms. The van der Waals surface area contributed by atoms with Gasteiger partial charge in [0.25, 0.3) is 5.91 Å². The lowest BCUT2D eigenvalue weighted by molar-refractivity contribution is -0.138. The van der Waals surface area contributed by atoms with Crippen molar-refractivity contribution in [1.29, 1.82) is 0 Å². The van der Waals surface area contributed by atoms with E-state index in [1.165, 1.54) is 6.42 Å². The molecular formula is C19H25ClN2O2. The van der Waals surface area contributed by atoms with Crippen LogP contribution in [0.2, 0.25) is 5.02 Å². The summed E-state index contributed by atoms with van der Waals surface area (Å²) in [5.74, 6) is 0.916. The van der Waals surface area contributed by atoms with Gasteiger partial charge in [0.1, 0.15) is 0 Å². The number of piperidine rings is 2. The minimum atomic E-state index is -0.0295. The van der Waals surface area contributed by atoms with Crippen molar-refractivity contribution in [3.05, 3.63) is 34.9 Å². The molecule has 0 saturated carbocycles. The third-order valence-corrected chi connectivity index (χ3v) is 5.53. The fraction of sp³-hybridized carbons (Fsp3) is 0.579. The predicted octanol–water partition coefficient (Wildman–Crippen LogP) is 3.45.